The Morgan fingerprint density at radius 1 is 1.61 bits per heavy atom. The molecule has 2 unspecified atom stereocenters. The Bertz CT molecular complexity index is 513. The molecule has 1 fully saturated rings. The maximum Gasteiger partial charge on any atom is 0.330 e. The van der Waals surface area contributed by atoms with Crippen LogP contribution in [0.15, 0.2) is 21.9 Å². The van der Waals surface area contributed by atoms with Gasteiger partial charge in [0.1, 0.15) is 5.60 Å². The molecule has 0 spiro atoms. The summed E-state index contributed by atoms with van der Waals surface area (Å²) in [5, 5.41) is 18.6. The van der Waals surface area contributed by atoms with E-state index in [0.29, 0.717) is 4.57 Å². The van der Waals surface area contributed by atoms with Gasteiger partial charge in [0.05, 0.1) is 6.61 Å². The maximum absolute atomic E-state index is 14.1. The summed E-state index contributed by atoms with van der Waals surface area (Å²) in [5.74, 6) is 0. The first-order valence-corrected chi connectivity index (χ1v) is 5.39. The number of halogens is 1. The number of nitrogens with zero attached hydrogens (tertiary/aromatic N) is 1. The number of hydrogen-bond acceptors (Lipinski definition) is 5. The number of H-pyrrole nitrogens is 1. The van der Waals surface area contributed by atoms with E-state index in [1.54, 1.807) is 0 Å². The molecule has 2 heterocycles. The first-order chi connectivity index (χ1) is 8.49. The molecule has 100 valence electrons. The lowest BCUT2D eigenvalue weighted by Crippen LogP contribution is -2.45. The average molecular weight is 260 g/mol. The fraction of sp³-hybridized carbons (Fsp3) is 0.600. The smallest absolute Gasteiger partial charge is 0.330 e. The van der Waals surface area contributed by atoms with Gasteiger partial charge < -0.3 is 19.9 Å². The molecule has 3 atom stereocenters. The molecule has 0 aliphatic carbocycles. The van der Waals surface area contributed by atoms with Crippen LogP contribution in [-0.4, -0.2) is 44.8 Å². The summed E-state index contributed by atoms with van der Waals surface area (Å²) in [6, 6.07) is 1.06. The van der Waals surface area contributed by atoms with Crippen molar-refractivity contribution in [2.24, 2.45) is 0 Å². The fourth-order valence-corrected chi connectivity index (χ4v) is 1.94. The molecular weight excluding hydrogens is 247 g/mol. The highest BCUT2D eigenvalue weighted by Gasteiger charge is 2.50. The molecule has 1 aromatic heterocycles. The molecule has 7 nitrogen and oxygen atoms in total. The van der Waals surface area contributed by atoms with Crippen LogP contribution in [0.1, 0.15) is 12.6 Å². The Morgan fingerprint density at radius 3 is 2.94 bits per heavy atom. The number of aliphatic hydroxyl groups is 2. The number of aromatic nitrogens is 2. The van der Waals surface area contributed by atoms with Gasteiger partial charge in [-0.1, -0.05) is 0 Å². The molecule has 0 saturated carbocycles. The van der Waals surface area contributed by atoms with Crippen molar-refractivity contribution < 1.29 is 19.3 Å². The molecule has 0 radical (unpaired) electrons. The first-order valence-electron chi connectivity index (χ1n) is 5.39. The van der Waals surface area contributed by atoms with Gasteiger partial charge >= 0.3 is 5.69 Å². The van der Waals surface area contributed by atoms with Crippen molar-refractivity contribution in [1.29, 1.82) is 0 Å². The third kappa shape index (κ3) is 1.98. The van der Waals surface area contributed by atoms with Crippen molar-refractivity contribution in [3.8, 4) is 0 Å². The molecule has 18 heavy (non-hydrogen) atoms. The summed E-state index contributed by atoms with van der Waals surface area (Å²) in [4.78, 5) is 25.2. The molecule has 1 aliphatic heterocycles. The molecular formula is C10H13FN2O5. The van der Waals surface area contributed by atoms with E-state index in [4.69, 9.17) is 9.84 Å². The van der Waals surface area contributed by atoms with Crippen LogP contribution in [0.3, 0.4) is 0 Å². The van der Waals surface area contributed by atoms with E-state index in [2.05, 4.69) is 4.98 Å². The summed E-state index contributed by atoms with van der Waals surface area (Å²) in [6.07, 6.45) is -2.54. The van der Waals surface area contributed by atoms with Crippen molar-refractivity contribution in [3.63, 3.8) is 0 Å². The monoisotopic (exact) mass is 260 g/mol. The van der Waals surface area contributed by atoms with Crippen molar-refractivity contribution in [1.82, 2.24) is 9.55 Å². The maximum atomic E-state index is 14.1. The summed E-state index contributed by atoms with van der Waals surface area (Å²) in [7, 11) is 0. The Balaban J connectivity index is 2.38. The highest BCUT2D eigenvalue weighted by molar-refractivity contribution is 4.98. The van der Waals surface area contributed by atoms with E-state index < -0.39 is 35.9 Å². The van der Waals surface area contributed by atoms with Gasteiger partial charge in [-0.3, -0.25) is 4.79 Å². The highest BCUT2D eigenvalue weighted by Crippen LogP contribution is 2.35. The third-order valence-corrected chi connectivity index (χ3v) is 2.96. The lowest BCUT2D eigenvalue weighted by molar-refractivity contribution is -0.0318. The molecule has 1 aromatic rings. The van der Waals surface area contributed by atoms with Crippen molar-refractivity contribution >= 4 is 0 Å². The van der Waals surface area contributed by atoms with E-state index in [-0.39, 0.29) is 13.0 Å². The molecule has 0 bridgehead atoms. The van der Waals surface area contributed by atoms with Crippen LogP contribution >= 0.6 is 0 Å². The molecule has 1 saturated heterocycles. The third-order valence-electron chi connectivity index (χ3n) is 2.96. The summed E-state index contributed by atoms with van der Waals surface area (Å²) in [6.45, 7) is -0.812. The predicted molar refractivity (Wildman–Crippen MR) is 57.9 cm³/mol. The lowest BCUT2D eigenvalue weighted by atomic mass is 9.96. The van der Waals surface area contributed by atoms with Gasteiger partial charge in [-0.2, -0.15) is 0 Å². The minimum atomic E-state index is -1.97. The van der Waals surface area contributed by atoms with Crippen LogP contribution in [0.25, 0.3) is 0 Å². The second-order valence-electron chi connectivity index (χ2n) is 4.17. The predicted octanol–water partition coefficient (Wildman–Crippen LogP) is -1.48. The molecule has 3 N–H and O–H groups in total. The minimum absolute atomic E-state index is 0.232. The van der Waals surface area contributed by atoms with E-state index in [9.17, 15) is 19.1 Å². The zero-order chi connectivity index (χ0) is 13.3. The van der Waals surface area contributed by atoms with E-state index >= 15 is 0 Å². The second-order valence-corrected chi connectivity index (χ2v) is 4.17. The van der Waals surface area contributed by atoms with Gasteiger partial charge in [0.25, 0.3) is 5.56 Å². The van der Waals surface area contributed by atoms with Crippen molar-refractivity contribution in [3.05, 3.63) is 33.1 Å². The number of hydrogen-bond donors (Lipinski definition) is 3. The number of ether oxygens (including phenoxy) is 1. The molecule has 2 rings (SSSR count). The Kier molecular flexibility index (Phi) is 3.33. The largest absolute Gasteiger partial charge is 0.396 e. The molecule has 0 amide bonds. The number of rotatable bonds is 3. The number of aliphatic hydroxyl groups excluding tert-OH is 1. The van der Waals surface area contributed by atoms with Crippen molar-refractivity contribution in [2.45, 2.75) is 24.4 Å². The minimum Gasteiger partial charge on any atom is -0.396 e. The van der Waals surface area contributed by atoms with Gasteiger partial charge in [-0.25, -0.2) is 13.8 Å². The Hall–Kier alpha value is -1.51. The van der Waals surface area contributed by atoms with Gasteiger partial charge in [0.15, 0.2) is 12.4 Å². The lowest BCUT2D eigenvalue weighted by Gasteiger charge is -2.23. The first kappa shape index (κ1) is 12.9. The van der Waals surface area contributed by atoms with Crippen LogP contribution in [0, 0.1) is 0 Å². The number of alkyl halides is 1. The summed E-state index contributed by atoms with van der Waals surface area (Å²) >= 11 is 0. The van der Waals surface area contributed by atoms with Crippen LogP contribution in [0.5, 0.6) is 0 Å². The molecule has 0 aromatic carbocycles. The van der Waals surface area contributed by atoms with Crippen LogP contribution in [0.4, 0.5) is 4.39 Å². The second kappa shape index (κ2) is 4.63. The standard InChI is InChI=1S/C10H13FN2O5/c11-7-8(18-5-10(7,17)2-4-14)13-6(15)1-3-12-9(13)16/h1,3,7-8,14,17H,2,4-5H2,(H,12,16)/t7?,8-,10?/m1/s1. The van der Waals surface area contributed by atoms with Crippen LogP contribution < -0.4 is 11.2 Å². The fourth-order valence-electron chi connectivity index (χ4n) is 1.94. The van der Waals surface area contributed by atoms with Crippen LogP contribution in [-0.2, 0) is 4.74 Å². The summed E-state index contributed by atoms with van der Waals surface area (Å²) in [5.41, 5.74) is -3.43. The van der Waals surface area contributed by atoms with Gasteiger partial charge in [-0.05, 0) is 0 Å². The Labute approximate surface area is 100 Å². The van der Waals surface area contributed by atoms with Gasteiger partial charge in [0, 0.05) is 25.3 Å². The summed E-state index contributed by atoms with van der Waals surface area (Å²) < 4.78 is 19.6. The quantitative estimate of drug-likeness (QED) is 0.614. The normalized spacial score (nSPS) is 31.7. The number of aromatic amines is 1. The molecule has 8 heteroatoms. The average Bonchev–Trinajstić information content (AvgIpc) is 2.58. The highest BCUT2D eigenvalue weighted by atomic mass is 19.1. The zero-order valence-corrected chi connectivity index (χ0v) is 9.38. The number of nitrogens with one attached hydrogen (secondary N) is 1. The van der Waals surface area contributed by atoms with E-state index in [0.717, 1.165) is 12.3 Å². The topological polar surface area (TPSA) is 105 Å². The Morgan fingerprint density at radius 2 is 2.33 bits per heavy atom. The van der Waals surface area contributed by atoms with Gasteiger partial charge in [-0.15, -0.1) is 0 Å². The van der Waals surface area contributed by atoms with Gasteiger partial charge in [0.2, 0.25) is 0 Å². The van der Waals surface area contributed by atoms with E-state index in [1.165, 1.54) is 0 Å². The van der Waals surface area contributed by atoms with Crippen molar-refractivity contribution in [2.75, 3.05) is 13.2 Å². The molecule has 1 aliphatic rings. The zero-order valence-electron chi connectivity index (χ0n) is 9.38. The van der Waals surface area contributed by atoms with Crippen LogP contribution in [0.2, 0.25) is 0 Å². The SMILES string of the molecule is O=c1cc[nH]c(=O)n1[C@@H]1OCC(O)(CCO)C1F. The van der Waals surface area contributed by atoms with E-state index in [1.807, 2.05) is 0 Å².